The van der Waals surface area contributed by atoms with Gasteiger partial charge in [0, 0.05) is 11.3 Å². The van der Waals surface area contributed by atoms with Gasteiger partial charge in [-0.05, 0) is 51.7 Å². The van der Waals surface area contributed by atoms with E-state index in [1.807, 2.05) is 30.5 Å². The van der Waals surface area contributed by atoms with Crippen molar-refractivity contribution in [2.75, 3.05) is 12.8 Å². The number of piperazine rings is 1. The molecule has 3 fully saturated rings. The van der Waals surface area contributed by atoms with Crippen LogP contribution in [0.2, 0.25) is 0 Å². The molecule has 5 heteroatoms. The van der Waals surface area contributed by atoms with Crippen molar-refractivity contribution < 1.29 is 9.59 Å². The van der Waals surface area contributed by atoms with Crippen LogP contribution in [0.15, 0.2) is 0 Å². The van der Waals surface area contributed by atoms with Crippen LogP contribution >= 0.6 is 11.8 Å². The van der Waals surface area contributed by atoms with Crippen molar-refractivity contribution in [1.29, 1.82) is 0 Å². The van der Waals surface area contributed by atoms with Crippen LogP contribution in [-0.2, 0) is 9.59 Å². The molecule has 2 amide bonds. The number of thioether (sulfide) groups is 1. The van der Waals surface area contributed by atoms with E-state index >= 15 is 0 Å². The van der Waals surface area contributed by atoms with Crippen molar-refractivity contribution >= 4 is 23.6 Å². The van der Waals surface area contributed by atoms with E-state index in [0.29, 0.717) is 5.92 Å². The molecule has 2 unspecified atom stereocenters. The number of hydrogen-bond acceptors (Lipinski definition) is 3. The first-order valence-corrected chi connectivity index (χ1v) is 8.83. The van der Waals surface area contributed by atoms with E-state index in [4.69, 9.17) is 0 Å². The predicted molar refractivity (Wildman–Crippen MR) is 80.5 cm³/mol. The molecule has 1 saturated heterocycles. The molecule has 1 heterocycles. The summed E-state index contributed by atoms with van der Waals surface area (Å²) in [7, 11) is 0. The molecule has 3 aliphatic rings. The minimum absolute atomic E-state index is 0.00887. The first-order valence-electron chi connectivity index (χ1n) is 7.60. The van der Waals surface area contributed by atoms with Gasteiger partial charge >= 0.3 is 0 Å². The van der Waals surface area contributed by atoms with Gasteiger partial charge in [-0.25, -0.2) is 0 Å². The lowest BCUT2D eigenvalue weighted by Gasteiger charge is -2.50. The molecular formula is C15H24N2O2S. The van der Waals surface area contributed by atoms with E-state index in [0.717, 1.165) is 32.2 Å². The van der Waals surface area contributed by atoms with E-state index in [-0.39, 0.29) is 22.6 Å². The lowest BCUT2D eigenvalue weighted by atomic mass is 9.82. The van der Waals surface area contributed by atoms with Crippen LogP contribution in [0.5, 0.6) is 0 Å². The smallest absolute Gasteiger partial charge is 0.249 e. The highest BCUT2D eigenvalue weighted by Crippen LogP contribution is 2.46. The van der Waals surface area contributed by atoms with E-state index in [1.54, 1.807) is 0 Å². The molecule has 2 saturated carbocycles. The molecule has 1 N–H and O–H groups in total. The first kappa shape index (κ1) is 14.2. The molecule has 0 aromatic carbocycles. The summed E-state index contributed by atoms with van der Waals surface area (Å²) < 4.78 is 0.187. The number of nitrogens with one attached hydrogen (secondary N) is 1. The van der Waals surface area contributed by atoms with Crippen molar-refractivity contribution in [1.82, 2.24) is 10.2 Å². The summed E-state index contributed by atoms with van der Waals surface area (Å²) in [5.74, 6) is 0.475. The SMILES string of the molecule is CSC1(CN2C(=O)C(C)(C3CC3)NC(=O)C2C)CCC1. The van der Waals surface area contributed by atoms with Crippen LogP contribution in [-0.4, -0.2) is 45.8 Å². The summed E-state index contributed by atoms with van der Waals surface area (Å²) >= 11 is 1.86. The molecule has 0 spiro atoms. The largest absolute Gasteiger partial charge is 0.340 e. The Labute approximate surface area is 125 Å². The second-order valence-electron chi connectivity index (χ2n) is 6.82. The van der Waals surface area contributed by atoms with Gasteiger partial charge in [-0.3, -0.25) is 9.59 Å². The second kappa shape index (κ2) is 4.65. The quantitative estimate of drug-likeness (QED) is 0.860. The molecular weight excluding hydrogens is 272 g/mol. The van der Waals surface area contributed by atoms with Crippen LogP contribution in [0, 0.1) is 5.92 Å². The standard InChI is InChI=1S/C15H24N2O2S/c1-10-12(18)16-14(2,11-5-6-11)13(19)17(10)9-15(20-3)7-4-8-15/h10-11H,4-9H2,1-3H3,(H,16,18). The number of carbonyl (C=O) groups excluding carboxylic acids is 2. The maximum Gasteiger partial charge on any atom is 0.249 e. The summed E-state index contributed by atoms with van der Waals surface area (Å²) in [5.41, 5.74) is -0.660. The highest BCUT2D eigenvalue weighted by Gasteiger charge is 2.55. The van der Waals surface area contributed by atoms with Crippen molar-refractivity contribution in [2.45, 2.75) is 62.3 Å². The maximum atomic E-state index is 12.9. The summed E-state index contributed by atoms with van der Waals surface area (Å²) in [6, 6.07) is -0.334. The van der Waals surface area contributed by atoms with Crippen molar-refractivity contribution in [3.8, 4) is 0 Å². The third-order valence-electron chi connectivity index (χ3n) is 5.49. The lowest BCUT2D eigenvalue weighted by Crippen LogP contribution is -2.71. The third kappa shape index (κ3) is 2.05. The average Bonchev–Trinajstić information content (AvgIpc) is 3.20. The first-order chi connectivity index (χ1) is 9.42. The van der Waals surface area contributed by atoms with Crippen LogP contribution in [0.4, 0.5) is 0 Å². The van der Waals surface area contributed by atoms with Crippen LogP contribution in [0.1, 0.15) is 46.0 Å². The lowest BCUT2D eigenvalue weighted by molar-refractivity contribution is -0.155. The molecule has 2 aliphatic carbocycles. The zero-order chi connectivity index (χ0) is 14.5. The monoisotopic (exact) mass is 296 g/mol. The number of rotatable bonds is 4. The summed E-state index contributed by atoms with van der Waals surface area (Å²) in [6.07, 6.45) is 7.79. The number of carbonyl (C=O) groups is 2. The molecule has 0 aromatic rings. The number of nitrogens with zero attached hydrogens (tertiary/aromatic N) is 1. The molecule has 0 bridgehead atoms. The fourth-order valence-corrected chi connectivity index (χ4v) is 4.45. The van der Waals surface area contributed by atoms with Gasteiger partial charge < -0.3 is 10.2 Å². The van der Waals surface area contributed by atoms with E-state index in [9.17, 15) is 9.59 Å². The minimum Gasteiger partial charge on any atom is -0.340 e. The van der Waals surface area contributed by atoms with Crippen LogP contribution < -0.4 is 5.32 Å². The zero-order valence-corrected chi connectivity index (χ0v) is 13.4. The Morgan fingerprint density at radius 1 is 1.35 bits per heavy atom. The molecule has 20 heavy (non-hydrogen) atoms. The fraction of sp³-hybridized carbons (Fsp3) is 0.867. The van der Waals surface area contributed by atoms with Crippen LogP contribution in [0.25, 0.3) is 0 Å². The van der Waals surface area contributed by atoms with Gasteiger partial charge in [-0.1, -0.05) is 6.42 Å². The van der Waals surface area contributed by atoms with Crippen LogP contribution in [0.3, 0.4) is 0 Å². The summed E-state index contributed by atoms with van der Waals surface area (Å²) in [6.45, 7) is 4.49. The fourth-order valence-electron chi connectivity index (χ4n) is 3.48. The van der Waals surface area contributed by atoms with Gasteiger partial charge in [-0.15, -0.1) is 0 Å². The van der Waals surface area contributed by atoms with Gasteiger partial charge in [0.2, 0.25) is 11.8 Å². The minimum atomic E-state index is -0.660. The summed E-state index contributed by atoms with van der Waals surface area (Å²) in [4.78, 5) is 27.0. The van der Waals surface area contributed by atoms with Crippen molar-refractivity contribution in [3.63, 3.8) is 0 Å². The molecule has 2 atom stereocenters. The molecule has 0 radical (unpaired) electrons. The van der Waals surface area contributed by atoms with E-state index in [2.05, 4.69) is 11.6 Å². The van der Waals surface area contributed by atoms with E-state index in [1.165, 1.54) is 6.42 Å². The number of amides is 2. The Balaban J connectivity index is 1.83. The zero-order valence-electron chi connectivity index (χ0n) is 12.6. The Morgan fingerprint density at radius 2 is 2.00 bits per heavy atom. The molecule has 4 nitrogen and oxygen atoms in total. The Bertz CT molecular complexity index is 440. The van der Waals surface area contributed by atoms with Gasteiger partial charge in [0.15, 0.2) is 0 Å². The van der Waals surface area contributed by atoms with Gasteiger partial charge in [0.25, 0.3) is 0 Å². The Kier molecular flexibility index (Phi) is 3.31. The third-order valence-corrected chi connectivity index (χ3v) is 6.89. The maximum absolute atomic E-state index is 12.9. The van der Waals surface area contributed by atoms with Crippen molar-refractivity contribution in [3.05, 3.63) is 0 Å². The highest BCUT2D eigenvalue weighted by molar-refractivity contribution is 8.00. The van der Waals surface area contributed by atoms with Gasteiger partial charge in [0.1, 0.15) is 11.6 Å². The van der Waals surface area contributed by atoms with Crippen molar-refractivity contribution in [2.24, 2.45) is 5.92 Å². The molecule has 0 aromatic heterocycles. The molecule has 3 rings (SSSR count). The number of hydrogen-bond donors (Lipinski definition) is 1. The van der Waals surface area contributed by atoms with Gasteiger partial charge in [-0.2, -0.15) is 11.8 Å². The molecule has 1 aliphatic heterocycles. The molecule has 112 valence electrons. The Morgan fingerprint density at radius 3 is 2.45 bits per heavy atom. The highest BCUT2D eigenvalue weighted by atomic mass is 32.2. The second-order valence-corrected chi connectivity index (χ2v) is 8.09. The van der Waals surface area contributed by atoms with E-state index < -0.39 is 5.54 Å². The summed E-state index contributed by atoms with van der Waals surface area (Å²) in [5, 5.41) is 2.99. The van der Waals surface area contributed by atoms with Gasteiger partial charge in [0.05, 0.1) is 0 Å². The Hall–Kier alpha value is -0.710. The average molecular weight is 296 g/mol. The normalized spacial score (nSPS) is 36.5. The predicted octanol–water partition coefficient (Wildman–Crippen LogP) is 1.79. The topological polar surface area (TPSA) is 49.4 Å².